The molecule has 2 aromatic rings. The van der Waals surface area contributed by atoms with Crippen LogP contribution in [0.5, 0.6) is 5.75 Å². The van der Waals surface area contributed by atoms with Crippen LogP contribution in [0.15, 0.2) is 29.6 Å². The zero-order valence-electron chi connectivity index (χ0n) is 63.7. The third-order valence-corrected chi connectivity index (χ3v) is 21.9. The van der Waals surface area contributed by atoms with Gasteiger partial charge in [0, 0.05) is 98.8 Å². The van der Waals surface area contributed by atoms with Gasteiger partial charge >= 0.3 is 54.0 Å². The van der Waals surface area contributed by atoms with Crippen molar-refractivity contribution in [2.24, 2.45) is 35.5 Å². The van der Waals surface area contributed by atoms with Crippen molar-refractivity contribution in [1.29, 1.82) is 0 Å². The maximum Gasteiger partial charge on any atom is 0.426 e. The van der Waals surface area contributed by atoms with Crippen LogP contribution >= 0.6 is 32.9 Å². The molecule has 3 unspecified atom stereocenters. The number of unbranched alkanes of at least 4 members (excludes halogenated alkanes) is 1. The molecule has 1 aromatic carbocycles. The molecule has 3 rings (SSSR count). The summed E-state index contributed by atoms with van der Waals surface area (Å²) in [6.07, 6.45) is 0.813. The van der Waals surface area contributed by atoms with Gasteiger partial charge in [0.2, 0.25) is 17.7 Å². The number of rotatable bonds is 51. The van der Waals surface area contributed by atoms with Gasteiger partial charge < -0.3 is 76.5 Å². The number of carboxylic acids is 4. The Morgan fingerprint density at radius 1 is 0.697 bits per heavy atom. The zero-order valence-corrected chi connectivity index (χ0v) is 66.2. The topological polar surface area (TPSA) is 500 Å². The molecule has 610 valence electrons. The fourth-order valence-electron chi connectivity index (χ4n) is 11.9. The molecule has 1 aromatic heterocycles. The molecule has 1 aliphatic rings. The number of carbonyl (C=O) groups is 15. The average Bonchev–Trinajstić information content (AvgIpc) is 1.80. The first-order valence-electron chi connectivity index (χ1n) is 36.8. The number of ether oxygens (including phenoxy) is 3. The number of phenols is 1. The number of esters is 2. The first-order chi connectivity index (χ1) is 51.6. The number of likely N-dealkylation sites (tertiary alicyclic amines) is 1. The van der Waals surface area contributed by atoms with Crippen LogP contribution in [0, 0.1) is 35.5 Å². The minimum Gasteiger partial charge on any atom is -0.508 e. The van der Waals surface area contributed by atoms with Crippen LogP contribution < -0.4 is 42.8 Å². The van der Waals surface area contributed by atoms with Gasteiger partial charge in [-0.15, -0.1) is 11.3 Å². The van der Waals surface area contributed by atoms with Crippen LogP contribution in [0.4, 0.5) is 14.4 Å². The minimum atomic E-state index is -1.62. The molecule has 1 fully saturated rings. The normalized spacial score (nSPS) is 15.9. The fourth-order valence-corrected chi connectivity index (χ4v) is 14.7. The van der Waals surface area contributed by atoms with Crippen LogP contribution in [0.25, 0.3) is 0 Å². The molecule has 109 heavy (non-hydrogen) atoms. The summed E-state index contributed by atoms with van der Waals surface area (Å²) in [6, 6.07) is -1.83. The van der Waals surface area contributed by atoms with E-state index >= 15 is 4.79 Å². The molecule has 37 heteroatoms. The van der Waals surface area contributed by atoms with Gasteiger partial charge in [-0.3, -0.25) is 58.3 Å². The van der Waals surface area contributed by atoms with Gasteiger partial charge in [-0.1, -0.05) is 108 Å². The Bertz CT molecular complexity index is 3350. The number of ketones is 2. The largest absolute Gasteiger partial charge is 0.508 e. The maximum atomic E-state index is 15.1. The number of hydrogen-bond donors (Lipinski definition) is 13. The molecule has 1 saturated heterocycles. The molecule has 0 saturated carbocycles. The SMILES string of the molecule is CCCC(=O)OCN(C(=O)[C@@H](CC(=O)[C@H]1CCCCN1C)C(C)CC)C(C[C@@H](OC(C)=O)c1nc(C(=O)N[C@@H](Cc2ccc(O)cc2)C[C@H](C)C(=O)NNC(=O)OCCSSC[C@H](NC(=O)[C@@H](CC(=O)[C@H](CC(=O)O)NC(=O)NCCCC[C@H](NC(=O)NCCCC(=O)O)C(=O)O)C(C)CC)C(=O)O)cs1)C(C)C. The number of piperidine rings is 1. The summed E-state index contributed by atoms with van der Waals surface area (Å²) in [6.45, 7) is 15.6. The van der Waals surface area contributed by atoms with E-state index in [4.69, 9.17) is 19.3 Å². The average molecular weight is 1590 g/mol. The van der Waals surface area contributed by atoms with Crippen LogP contribution in [0.2, 0.25) is 0 Å². The van der Waals surface area contributed by atoms with Crippen molar-refractivity contribution < 1.29 is 112 Å². The monoisotopic (exact) mass is 1590 g/mol. The van der Waals surface area contributed by atoms with E-state index in [2.05, 4.69) is 47.7 Å². The number of aliphatic carboxylic acids is 4. The summed E-state index contributed by atoms with van der Waals surface area (Å²) >= 11 is 1.03. The summed E-state index contributed by atoms with van der Waals surface area (Å²) < 4.78 is 16.8. The van der Waals surface area contributed by atoms with E-state index in [-0.39, 0.29) is 141 Å². The van der Waals surface area contributed by atoms with Gasteiger partial charge in [-0.05, 0) is 107 Å². The van der Waals surface area contributed by atoms with Gasteiger partial charge in [0.15, 0.2) is 24.4 Å². The Kier molecular flexibility index (Phi) is 43.3. The second-order valence-electron chi connectivity index (χ2n) is 27.5. The molecule has 9 amide bonds. The zero-order chi connectivity index (χ0) is 81.4. The minimum absolute atomic E-state index is 0.00260. The number of hydrazine groups is 1. The summed E-state index contributed by atoms with van der Waals surface area (Å²) in [5.41, 5.74) is 5.09. The lowest BCUT2D eigenvalue weighted by atomic mass is 9.82. The van der Waals surface area contributed by atoms with E-state index in [1.807, 2.05) is 46.6 Å². The molecule has 12 atom stereocenters. The van der Waals surface area contributed by atoms with Crippen LogP contribution in [-0.2, 0) is 73.4 Å². The summed E-state index contributed by atoms with van der Waals surface area (Å²) in [7, 11) is 3.99. The number of carboxylic acid groups (broad SMARTS) is 4. The second kappa shape index (κ2) is 50.1. The molecule has 34 nitrogen and oxygen atoms in total. The number of carbonyl (C=O) groups excluding carboxylic acids is 11. The Morgan fingerprint density at radius 2 is 1.34 bits per heavy atom. The number of likely N-dealkylation sites (N-methyl/N-ethyl adjacent to an activating group) is 1. The second-order valence-corrected chi connectivity index (χ2v) is 31.0. The third-order valence-electron chi connectivity index (χ3n) is 18.6. The van der Waals surface area contributed by atoms with E-state index in [0.29, 0.717) is 31.2 Å². The summed E-state index contributed by atoms with van der Waals surface area (Å²) in [4.78, 5) is 202. The number of phenolic OH excluding ortho intramolecular Hbond substituents is 1. The number of hydrogen-bond acceptors (Lipinski definition) is 24. The quantitative estimate of drug-likeness (QED) is 0.00815. The van der Waals surface area contributed by atoms with Gasteiger partial charge in [0.1, 0.15) is 35.1 Å². The molecule has 13 N–H and O–H groups in total. The highest BCUT2D eigenvalue weighted by atomic mass is 33.1. The van der Waals surface area contributed by atoms with Gasteiger partial charge in [0.05, 0.1) is 18.5 Å². The van der Waals surface area contributed by atoms with E-state index in [1.54, 1.807) is 32.9 Å². The van der Waals surface area contributed by atoms with Crippen molar-refractivity contribution >= 4 is 122 Å². The van der Waals surface area contributed by atoms with Gasteiger partial charge in [-0.2, -0.15) is 0 Å². The molecule has 2 heterocycles. The number of aromatic hydroxyl groups is 1. The van der Waals surface area contributed by atoms with Crippen molar-refractivity contribution in [1.82, 2.24) is 57.5 Å². The predicted molar refractivity (Wildman–Crippen MR) is 403 cm³/mol. The van der Waals surface area contributed by atoms with Crippen LogP contribution in [0.3, 0.4) is 0 Å². The first kappa shape index (κ1) is 94.4. The van der Waals surface area contributed by atoms with Crippen molar-refractivity contribution in [3.63, 3.8) is 0 Å². The number of nitrogens with one attached hydrogen (secondary N) is 8. The molecule has 0 spiro atoms. The van der Waals surface area contributed by atoms with E-state index < -0.39 is 157 Å². The molecule has 0 bridgehead atoms. The Morgan fingerprint density at radius 3 is 1.94 bits per heavy atom. The number of Topliss-reactive ketones (excluding diaryl/α,β-unsaturated/α-hetero) is 2. The molecule has 0 radical (unpaired) electrons. The number of benzene rings is 1. The Labute approximate surface area is 647 Å². The van der Waals surface area contributed by atoms with Crippen molar-refractivity contribution in [3.05, 3.63) is 45.9 Å². The molecule has 0 aliphatic carbocycles. The number of thiazole rings is 1. The lowest BCUT2D eigenvalue weighted by Gasteiger charge is -2.39. The third kappa shape index (κ3) is 35.6. The standard InChI is InChI=1S/C72H111N11O23S3/c1-11-19-62(92)105-40-83(67(96)50(43(7)13-3)35-58(87)55-21-15-17-29-82(55)10)56(41(4)5)37-59(106-45(9)84)66-77-53(38-107-66)65(95)75-47(33-46-23-25-48(85)26-24-46)32-44(8)63(93)80-81-72(103)104-30-31-108-109-39-54(69(99)100)76-64(94)49(42(6)12-2)34-57(86)52(36-61(90)91)79-71(102)73-27-16-14-20-51(68(97)98)78-70(101)74-28-18-22-60(88)89/h23-26,38,41-44,47,49-52,54-56,59,85H,11-22,27-37,39-40H2,1-10H3,(H,75,95)(H,76,94)(H,80,93)(H,81,103)(H,88,89)(H,90,91)(H,97,98)(H,99,100)(H2,73,79,102)(H2,74,78,101)/t42?,43?,44-,47+,49-,50-,51-,52-,54-,55+,56?,59+/m0/s1. The highest BCUT2D eigenvalue weighted by molar-refractivity contribution is 8.76. The van der Waals surface area contributed by atoms with Gasteiger partial charge in [0.25, 0.3) is 5.91 Å². The van der Waals surface area contributed by atoms with Crippen LogP contribution in [-0.4, -0.2) is 217 Å². The smallest absolute Gasteiger partial charge is 0.426 e. The van der Waals surface area contributed by atoms with Crippen molar-refractivity contribution in [2.45, 2.75) is 220 Å². The number of aromatic nitrogens is 1. The van der Waals surface area contributed by atoms with Crippen LogP contribution in [0.1, 0.15) is 199 Å². The number of nitrogens with zero attached hydrogens (tertiary/aromatic N) is 3. The fraction of sp³-hybridized carbons (Fsp3) is 0.667. The van der Waals surface area contributed by atoms with E-state index in [9.17, 15) is 87.5 Å². The highest BCUT2D eigenvalue weighted by Crippen LogP contribution is 2.34. The maximum absolute atomic E-state index is 15.1. The lowest BCUT2D eigenvalue weighted by molar-refractivity contribution is -0.162. The molecule has 1 aliphatic heterocycles. The Balaban J connectivity index is 1.62. The summed E-state index contributed by atoms with van der Waals surface area (Å²) in [5.74, 6) is -13.9. The number of urea groups is 2. The molecular formula is C72H111N11O23S3. The first-order valence-corrected chi connectivity index (χ1v) is 40.1. The van der Waals surface area contributed by atoms with E-state index in [1.165, 1.54) is 29.3 Å². The summed E-state index contributed by atoms with van der Waals surface area (Å²) in [5, 5.41) is 64.5. The Hall–Kier alpha value is -8.84. The number of amides is 9. The van der Waals surface area contributed by atoms with Gasteiger partial charge in [-0.25, -0.2) is 34.4 Å². The van der Waals surface area contributed by atoms with Crippen molar-refractivity contribution in [3.8, 4) is 5.75 Å². The lowest BCUT2D eigenvalue weighted by Crippen LogP contribution is -2.50. The van der Waals surface area contributed by atoms with E-state index in [0.717, 1.165) is 52.3 Å². The highest BCUT2D eigenvalue weighted by Gasteiger charge is 2.41. The predicted octanol–water partition coefficient (Wildman–Crippen LogP) is 6.73. The molecular weight excluding hydrogens is 1480 g/mol. The van der Waals surface area contributed by atoms with Crippen molar-refractivity contribution in [2.75, 3.05) is 51.5 Å².